The van der Waals surface area contributed by atoms with Crippen LogP contribution in [-0.2, 0) is 14.3 Å². The zero-order valence-electron chi connectivity index (χ0n) is 8.34. The van der Waals surface area contributed by atoms with Crippen LogP contribution in [0.4, 0.5) is 0 Å². The smallest absolute Gasteiger partial charge is 0.355 e. The number of carbonyl (C=O) groups is 2. The highest BCUT2D eigenvalue weighted by atomic mass is 32.2. The first-order valence-electron chi connectivity index (χ1n) is 4.53. The Hall–Kier alpha value is -1.01. The van der Waals surface area contributed by atoms with Crippen molar-refractivity contribution in [2.24, 2.45) is 5.92 Å². The number of amides is 1. The highest BCUT2D eigenvalue weighted by Gasteiger charge is 2.55. The summed E-state index contributed by atoms with van der Waals surface area (Å²) in [6.45, 7) is 1.58. The average molecular weight is 229 g/mol. The molecular weight excluding hydrogens is 218 g/mol. The summed E-state index contributed by atoms with van der Waals surface area (Å²) in [6, 6.07) is 0. The second kappa shape index (κ2) is 3.53. The summed E-state index contributed by atoms with van der Waals surface area (Å²) >= 11 is 1.37. The molecule has 15 heavy (non-hydrogen) atoms. The van der Waals surface area contributed by atoms with E-state index in [-0.39, 0.29) is 17.0 Å². The lowest BCUT2D eigenvalue weighted by Crippen LogP contribution is -2.60. The third kappa shape index (κ3) is 1.36. The minimum Gasteiger partial charge on any atom is -0.464 e. The first kappa shape index (κ1) is 10.5. The van der Waals surface area contributed by atoms with Gasteiger partial charge >= 0.3 is 5.97 Å². The van der Waals surface area contributed by atoms with E-state index >= 15 is 0 Å². The molecule has 0 aromatic carbocycles. The summed E-state index contributed by atoms with van der Waals surface area (Å²) in [5.41, 5.74) is 0.273. The number of aliphatic hydroxyl groups excluding tert-OH is 1. The van der Waals surface area contributed by atoms with E-state index in [1.165, 1.54) is 23.8 Å². The highest BCUT2D eigenvalue weighted by Crippen LogP contribution is 2.46. The molecule has 0 aromatic rings. The van der Waals surface area contributed by atoms with E-state index in [9.17, 15) is 14.7 Å². The van der Waals surface area contributed by atoms with Crippen molar-refractivity contribution in [3.63, 3.8) is 0 Å². The Morgan fingerprint density at radius 2 is 2.40 bits per heavy atom. The Kier molecular flexibility index (Phi) is 2.47. The van der Waals surface area contributed by atoms with Crippen LogP contribution in [0.2, 0.25) is 0 Å². The van der Waals surface area contributed by atoms with Gasteiger partial charge in [-0.2, -0.15) is 0 Å². The van der Waals surface area contributed by atoms with Gasteiger partial charge in [-0.15, -0.1) is 11.8 Å². The Morgan fingerprint density at radius 3 is 2.93 bits per heavy atom. The number of thioether (sulfide) groups is 1. The van der Waals surface area contributed by atoms with E-state index in [0.717, 1.165) is 0 Å². The molecule has 82 valence electrons. The van der Waals surface area contributed by atoms with Crippen LogP contribution in [-0.4, -0.2) is 40.5 Å². The lowest BCUT2D eigenvalue weighted by atomic mass is 9.92. The molecule has 0 radical (unpaired) electrons. The third-order valence-electron chi connectivity index (χ3n) is 2.58. The molecular formula is C9H11NO4S. The normalized spacial score (nSPS) is 30.5. The van der Waals surface area contributed by atoms with Gasteiger partial charge < -0.3 is 9.84 Å². The summed E-state index contributed by atoms with van der Waals surface area (Å²) in [5.74, 6) is -1.13. The maximum atomic E-state index is 11.6. The molecule has 0 aromatic heterocycles. The van der Waals surface area contributed by atoms with Gasteiger partial charge in [-0.05, 0) is 6.92 Å². The lowest BCUT2D eigenvalue weighted by molar-refractivity contribution is -0.157. The molecule has 1 saturated heterocycles. The largest absolute Gasteiger partial charge is 0.464 e. The average Bonchev–Trinajstić information content (AvgIpc) is 2.55. The number of hydrogen-bond donors (Lipinski definition) is 1. The van der Waals surface area contributed by atoms with Gasteiger partial charge in [0.1, 0.15) is 11.1 Å². The molecule has 0 aliphatic carbocycles. The second-order valence-electron chi connectivity index (χ2n) is 3.50. The van der Waals surface area contributed by atoms with Crippen LogP contribution < -0.4 is 0 Å². The Bertz CT molecular complexity index is 352. The molecule has 1 amide bonds. The zero-order valence-corrected chi connectivity index (χ0v) is 9.15. The van der Waals surface area contributed by atoms with Crippen molar-refractivity contribution in [2.75, 3.05) is 7.11 Å². The van der Waals surface area contributed by atoms with Crippen LogP contribution in [0, 0.1) is 5.92 Å². The molecule has 1 fully saturated rings. The maximum absolute atomic E-state index is 11.6. The molecule has 3 atom stereocenters. The van der Waals surface area contributed by atoms with Crippen molar-refractivity contribution >= 4 is 23.6 Å². The van der Waals surface area contributed by atoms with Crippen molar-refractivity contribution in [1.29, 1.82) is 0 Å². The molecule has 2 rings (SSSR count). The van der Waals surface area contributed by atoms with E-state index in [4.69, 9.17) is 0 Å². The molecule has 5 nitrogen and oxygen atoms in total. The van der Waals surface area contributed by atoms with E-state index in [2.05, 4.69) is 4.74 Å². The minimum absolute atomic E-state index is 0.147. The van der Waals surface area contributed by atoms with Crippen molar-refractivity contribution in [2.45, 2.75) is 18.4 Å². The van der Waals surface area contributed by atoms with Gasteiger partial charge in [-0.1, -0.05) is 0 Å². The predicted octanol–water partition coefficient (Wildman–Crippen LogP) is -0.0871. The number of hydrogen-bond acceptors (Lipinski definition) is 5. The van der Waals surface area contributed by atoms with E-state index in [0.29, 0.717) is 0 Å². The van der Waals surface area contributed by atoms with Crippen molar-refractivity contribution in [1.82, 2.24) is 4.90 Å². The van der Waals surface area contributed by atoms with Gasteiger partial charge in [0.2, 0.25) is 5.91 Å². The highest BCUT2D eigenvalue weighted by molar-refractivity contribution is 8.03. The van der Waals surface area contributed by atoms with Crippen molar-refractivity contribution in [3.8, 4) is 0 Å². The third-order valence-corrected chi connectivity index (χ3v) is 3.72. The molecule has 0 spiro atoms. The fourth-order valence-corrected chi connectivity index (χ4v) is 3.10. The molecule has 2 heterocycles. The summed E-state index contributed by atoms with van der Waals surface area (Å²) in [6.07, 6.45) is -0.684. The molecule has 2 aliphatic rings. The van der Waals surface area contributed by atoms with Gasteiger partial charge in [-0.3, -0.25) is 9.69 Å². The fourth-order valence-electron chi connectivity index (χ4n) is 1.77. The first-order valence-corrected chi connectivity index (χ1v) is 5.47. The van der Waals surface area contributed by atoms with Gasteiger partial charge in [0.15, 0.2) is 0 Å². The maximum Gasteiger partial charge on any atom is 0.355 e. The zero-order chi connectivity index (χ0) is 11.2. The Morgan fingerprint density at radius 1 is 1.73 bits per heavy atom. The fraction of sp³-hybridized carbons (Fsp3) is 0.556. The van der Waals surface area contributed by atoms with Crippen LogP contribution in [0.15, 0.2) is 11.1 Å². The number of aliphatic hydroxyl groups is 1. The lowest BCUT2D eigenvalue weighted by Gasteiger charge is -2.43. The Labute approximate surface area is 91.1 Å². The van der Waals surface area contributed by atoms with Gasteiger partial charge in [0.05, 0.1) is 19.1 Å². The molecule has 1 unspecified atom stereocenters. The summed E-state index contributed by atoms with van der Waals surface area (Å²) in [5, 5.41) is 10.8. The number of esters is 1. The number of carbonyl (C=O) groups excluding carboxylic acids is 2. The summed E-state index contributed by atoms with van der Waals surface area (Å²) < 4.78 is 4.55. The van der Waals surface area contributed by atoms with E-state index in [1.54, 1.807) is 12.3 Å². The molecule has 6 heteroatoms. The number of methoxy groups -OCH3 is 1. The van der Waals surface area contributed by atoms with Crippen LogP contribution >= 0.6 is 11.8 Å². The van der Waals surface area contributed by atoms with Crippen LogP contribution in [0.3, 0.4) is 0 Å². The van der Waals surface area contributed by atoms with E-state index < -0.39 is 18.0 Å². The number of nitrogens with zero attached hydrogens (tertiary/aromatic N) is 1. The standard InChI is InChI=1S/C9H11NO4S/c1-4(11)6-7(12)10-5(9(13)14-2)3-15-8(6)10/h3-4,6,8,11H,1-2H3/t4-,6?,8-/m1/s1. The Balaban J connectivity index is 2.14. The second-order valence-corrected chi connectivity index (χ2v) is 4.49. The number of ether oxygens (including phenoxy) is 1. The summed E-state index contributed by atoms with van der Waals surface area (Å²) in [7, 11) is 1.28. The molecule has 1 N–H and O–H groups in total. The molecule has 0 bridgehead atoms. The van der Waals surface area contributed by atoms with Crippen LogP contribution in [0.1, 0.15) is 6.92 Å². The topological polar surface area (TPSA) is 66.8 Å². The quantitative estimate of drug-likeness (QED) is 0.529. The number of rotatable bonds is 2. The predicted molar refractivity (Wildman–Crippen MR) is 53.5 cm³/mol. The molecule has 2 aliphatic heterocycles. The van der Waals surface area contributed by atoms with Crippen LogP contribution in [0.5, 0.6) is 0 Å². The van der Waals surface area contributed by atoms with Gasteiger partial charge in [-0.25, -0.2) is 4.79 Å². The van der Waals surface area contributed by atoms with Gasteiger partial charge in [0.25, 0.3) is 0 Å². The summed E-state index contributed by atoms with van der Waals surface area (Å²) in [4.78, 5) is 24.3. The van der Waals surface area contributed by atoms with Crippen molar-refractivity contribution < 1.29 is 19.4 Å². The molecule has 0 saturated carbocycles. The minimum atomic E-state index is -0.684. The van der Waals surface area contributed by atoms with Gasteiger partial charge in [0, 0.05) is 5.41 Å². The van der Waals surface area contributed by atoms with E-state index in [1.807, 2.05) is 0 Å². The number of β-lactam (4-membered cyclic amide) rings is 1. The SMILES string of the molecule is COC(=O)C1=CS[C@@H]2C([C@@H](C)O)C(=O)N12. The van der Waals surface area contributed by atoms with Crippen LogP contribution in [0.25, 0.3) is 0 Å². The number of fused-ring (bicyclic) bond motifs is 1. The first-order chi connectivity index (χ1) is 7.07. The monoisotopic (exact) mass is 229 g/mol. The van der Waals surface area contributed by atoms with Crippen molar-refractivity contribution in [3.05, 3.63) is 11.1 Å².